The van der Waals surface area contributed by atoms with Gasteiger partial charge in [-0.15, -0.1) is 0 Å². The molecule has 156 valence electrons. The molecule has 1 spiro atoms. The molecule has 0 bridgehead atoms. The Bertz CT molecular complexity index is 942. The summed E-state index contributed by atoms with van der Waals surface area (Å²) >= 11 is 0.715. The minimum atomic E-state index is -4.59. The third-order valence-electron chi connectivity index (χ3n) is 5.53. The quantitative estimate of drug-likeness (QED) is 0.807. The van der Waals surface area contributed by atoms with Gasteiger partial charge in [0.1, 0.15) is 0 Å². The Hall–Kier alpha value is -2.07. The van der Waals surface area contributed by atoms with Crippen LogP contribution in [-0.4, -0.2) is 40.8 Å². The highest BCUT2D eigenvalue weighted by atomic mass is 32.2. The topological polar surface area (TPSA) is 71.1 Å². The van der Waals surface area contributed by atoms with Gasteiger partial charge >= 0.3 is 6.18 Å². The molecule has 0 amide bonds. The van der Waals surface area contributed by atoms with E-state index in [1.165, 1.54) is 18.3 Å². The van der Waals surface area contributed by atoms with Crippen molar-refractivity contribution in [1.29, 1.82) is 0 Å². The number of H-pyrrole nitrogens is 1. The summed E-state index contributed by atoms with van der Waals surface area (Å²) in [4.78, 5) is 24.9. The fourth-order valence-electron chi connectivity index (χ4n) is 4.00. The maximum Gasteiger partial charge on any atom is 0.434 e. The number of nitrogens with zero attached hydrogens (tertiary/aromatic N) is 3. The van der Waals surface area contributed by atoms with E-state index in [4.69, 9.17) is 4.74 Å². The van der Waals surface area contributed by atoms with E-state index in [0.29, 0.717) is 17.7 Å². The van der Waals surface area contributed by atoms with Crippen LogP contribution in [0.25, 0.3) is 0 Å². The van der Waals surface area contributed by atoms with Gasteiger partial charge in [-0.05, 0) is 43.7 Å². The van der Waals surface area contributed by atoms with Crippen molar-refractivity contribution in [3.8, 4) is 0 Å². The van der Waals surface area contributed by atoms with Gasteiger partial charge in [0, 0.05) is 24.2 Å². The van der Waals surface area contributed by atoms with E-state index < -0.39 is 17.4 Å². The molecule has 0 saturated carbocycles. The van der Waals surface area contributed by atoms with Crippen molar-refractivity contribution in [2.75, 3.05) is 24.6 Å². The average Bonchev–Trinajstić information content (AvgIpc) is 3.04. The smallest absolute Gasteiger partial charge is 0.378 e. The predicted molar refractivity (Wildman–Crippen MR) is 102 cm³/mol. The second-order valence-corrected chi connectivity index (χ2v) is 8.75. The van der Waals surface area contributed by atoms with Crippen LogP contribution in [0.5, 0.6) is 0 Å². The van der Waals surface area contributed by atoms with Crippen molar-refractivity contribution in [2.24, 2.45) is 5.41 Å². The summed E-state index contributed by atoms with van der Waals surface area (Å²) in [6.45, 7) is 4.37. The standard InChI is InChI=1S/C19H21F3N4O2S/c1-12-9-18(11-28-12)4-7-26(8-5-18)17-24-10-14(16(27)25-17)29-13-3-2-6-23-15(13)19(20,21)22/h2-3,6,10,12H,4-5,7-9,11H2,1H3,(H,24,25,27)/t12-/m0/s1. The Labute approximate surface area is 169 Å². The van der Waals surface area contributed by atoms with Gasteiger partial charge in [0.25, 0.3) is 5.56 Å². The summed E-state index contributed by atoms with van der Waals surface area (Å²) < 4.78 is 45.1. The van der Waals surface area contributed by atoms with Crippen molar-refractivity contribution in [1.82, 2.24) is 15.0 Å². The van der Waals surface area contributed by atoms with Gasteiger partial charge in [0.05, 0.1) is 23.8 Å². The Balaban J connectivity index is 1.48. The molecular weight excluding hydrogens is 405 g/mol. The summed E-state index contributed by atoms with van der Waals surface area (Å²) in [5, 5.41) is 0. The highest BCUT2D eigenvalue weighted by Crippen LogP contribution is 2.42. The lowest BCUT2D eigenvalue weighted by atomic mass is 9.77. The number of piperidine rings is 1. The lowest BCUT2D eigenvalue weighted by Crippen LogP contribution is -2.41. The van der Waals surface area contributed by atoms with Crippen LogP contribution in [0.4, 0.5) is 19.1 Å². The Morgan fingerprint density at radius 3 is 2.66 bits per heavy atom. The molecule has 4 rings (SSSR count). The first-order valence-corrected chi connectivity index (χ1v) is 10.2. The molecule has 2 aromatic rings. The van der Waals surface area contributed by atoms with E-state index in [2.05, 4.69) is 21.9 Å². The summed E-state index contributed by atoms with van der Waals surface area (Å²) in [7, 11) is 0. The van der Waals surface area contributed by atoms with Crippen molar-refractivity contribution >= 4 is 17.7 Å². The maximum atomic E-state index is 13.1. The lowest BCUT2D eigenvalue weighted by molar-refractivity contribution is -0.143. The van der Waals surface area contributed by atoms with E-state index in [1.807, 2.05) is 4.90 Å². The minimum Gasteiger partial charge on any atom is -0.378 e. The van der Waals surface area contributed by atoms with Crippen molar-refractivity contribution < 1.29 is 17.9 Å². The zero-order valence-corrected chi connectivity index (χ0v) is 16.6. The van der Waals surface area contributed by atoms with Gasteiger partial charge < -0.3 is 9.64 Å². The Kier molecular flexibility index (Phi) is 5.32. The highest BCUT2D eigenvalue weighted by Gasteiger charge is 2.41. The van der Waals surface area contributed by atoms with Gasteiger partial charge in [-0.3, -0.25) is 14.8 Å². The molecule has 2 aliphatic heterocycles. The predicted octanol–water partition coefficient (Wildman–Crippen LogP) is 3.73. The molecule has 0 aliphatic carbocycles. The first kappa shape index (κ1) is 20.2. The van der Waals surface area contributed by atoms with Gasteiger partial charge in [0.2, 0.25) is 5.95 Å². The number of nitrogens with one attached hydrogen (secondary N) is 1. The molecule has 2 aromatic heterocycles. The van der Waals surface area contributed by atoms with Crippen molar-refractivity contribution in [2.45, 2.75) is 48.3 Å². The normalized spacial score (nSPS) is 21.7. The van der Waals surface area contributed by atoms with Crippen molar-refractivity contribution in [3.05, 3.63) is 40.6 Å². The van der Waals surface area contributed by atoms with Crippen LogP contribution in [0.1, 0.15) is 31.9 Å². The van der Waals surface area contributed by atoms with Gasteiger partial charge in [-0.2, -0.15) is 13.2 Å². The molecule has 0 radical (unpaired) electrons. The molecule has 6 nitrogen and oxygen atoms in total. The number of pyridine rings is 1. The van der Waals surface area contributed by atoms with Crippen LogP contribution in [0.2, 0.25) is 0 Å². The molecule has 0 unspecified atom stereocenters. The van der Waals surface area contributed by atoms with E-state index in [0.717, 1.165) is 45.2 Å². The Morgan fingerprint density at radius 1 is 1.28 bits per heavy atom. The Morgan fingerprint density at radius 2 is 2.03 bits per heavy atom. The number of hydrogen-bond donors (Lipinski definition) is 1. The fraction of sp³-hybridized carbons (Fsp3) is 0.526. The number of alkyl halides is 3. The zero-order valence-electron chi connectivity index (χ0n) is 15.8. The summed E-state index contributed by atoms with van der Waals surface area (Å²) in [5.41, 5.74) is -1.27. The van der Waals surface area contributed by atoms with Gasteiger partial charge in [0.15, 0.2) is 5.69 Å². The van der Waals surface area contributed by atoms with Crippen LogP contribution < -0.4 is 10.5 Å². The first-order chi connectivity index (χ1) is 13.8. The number of aromatic amines is 1. The number of aromatic nitrogens is 3. The summed E-state index contributed by atoms with van der Waals surface area (Å²) in [6.07, 6.45) is 1.08. The SMILES string of the molecule is C[C@H]1CC2(CCN(c3ncc(Sc4cccnc4C(F)(F)F)c(=O)[nH]3)CC2)CO1. The molecule has 2 fully saturated rings. The molecule has 2 aliphatic rings. The fourth-order valence-corrected chi connectivity index (χ4v) is 4.90. The van der Waals surface area contributed by atoms with E-state index >= 15 is 0 Å². The summed E-state index contributed by atoms with van der Waals surface area (Å²) in [6, 6.07) is 2.70. The molecule has 1 N–H and O–H groups in total. The molecule has 10 heteroatoms. The largest absolute Gasteiger partial charge is 0.434 e. The van der Waals surface area contributed by atoms with Crippen LogP contribution >= 0.6 is 11.8 Å². The second-order valence-electron chi connectivity index (χ2n) is 7.66. The van der Waals surface area contributed by atoms with Crippen LogP contribution in [0.3, 0.4) is 0 Å². The number of hydrogen-bond acceptors (Lipinski definition) is 6. The van der Waals surface area contributed by atoms with Gasteiger partial charge in [-0.1, -0.05) is 11.8 Å². The molecule has 4 heterocycles. The lowest BCUT2D eigenvalue weighted by Gasteiger charge is -2.38. The number of rotatable bonds is 3. The third kappa shape index (κ3) is 4.28. The molecule has 0 aromatic carbocycles. The van der Waals surface area contributed by atoms with E-state index in [-0.39, 0.29) is 21.3 Å². The van der Waals surface area contributed by atoms with E-state index in [1.54, 1.807) is 0 Å². The summed E-state index contributed by atoms with van der Waals surface area (Å²) in [5.74, 6) is 0.448. The number of halogens is 3. The number of anilines is 1. The maximum absolute atomic E-state index is 13.1. The number of ether oxygens (including phenoxy) is 1. The van der Waals surface area contributed by atoms with Gasteiger partial charge in [-0.25, -0.2) is 4.98 Å². The highest BCUT2D eigenvalue weighted by molar-refractivity contribution is 7.99. The minimum absolute atomic E-state index is 0.0961. The molecule has 1 atom stereocenters. The van der Waals surface area contributed by atoms with Crippen molar-refractivity contribution in [3.63, 3.8) is 0 Å². The van der Waals surface area contributed by atoms with Crippen LogP contribution in [0.15, 0.2) is 39.1 Å². The van der Waals surface area contributed by atoms with Crippen LogP contribution in [0, 0.1) is 5.41 Å². The van der Waals surface area contributed by atoms with E-state index in [9.17, 15) is 18.0 Å². The monoisotopic (exact) mass is 426 g/mol. The first-order valence-electron chi connectivity index (χ1n) is 9.42. The van der Waals surface area contributed by atoms with Crippen LogP contribution in [-0.2, 0) is 10.9 Å². The molecule has 2 saturated heterocycles. The second kappa shape index (κ2) is 7.64. The average molecular weight is 426 g/mol. The molecule has 29 heavy (non-hydrogen) atoms. The molecular formula is C19H21F3N4O2S. The third-order valence-corrected chi connectivity index (χ3v) is 6.59. The zero-order chi connectivity index (χ0) is 20.6.